The summed E-state index contributed by atoms with van der Waals surface area (Å²) in [6, 6.07) is 6.67. The number of hydrogen-bond acceptors (Lipinski definition) is 4. The van der Waals surface area contributed by atoms with Gasteiger partial charge in [-0.2, -0.15) is 9.97 Å². The second-order valence-corrected chi connectivity index (χ2v) is 5.46. The molecule has 0 atom stereocenters. The lowest BCUT2D eigenvalue weighted by molar-refractivity contribution is 0.100. The van der Waals surface area contributed by atoms with Gasteiger partial charge < -0.3 is 15.6 Å². The summed E-state index contributed by atoms with van der Waals surface area (Å²) in [5.74, 6) is -0.102. The molecular formula is C14H11Cl2N5O. The SMILES string of the molecule is Cn1ccc2c(Nc3ccc(Cl)cc3C(N)=O)nc(Cl)nc21. The Kier molecular flexibility index (Phi) is 3.64. The second-order valence-electron chi connectivity index (χ2n) is 4.68. The molecule has 2 aromatic heterocycles. The third kappa shape index (κ3) is 2.58. The van der Waals surface area contributed by atoms with Gasteiger partial charge in [0.1, 0.15) is 11.5 Å². The Morgan fingerprint density at radius 2 is 2.05 bits per heavy atom. The Morgan fingerprint density at radius 3 is 2.77 bits per heavy atom. The van der Waals surface area contributed by atoms with Crippen LogP contribution in [0.2, 0.25) is 10.3 Å². The van der Waals surface area contributed by atoms with Gasteiger partial charge in [-0.25, -0.2) is 0 Å². The van der Waals surface area contributed by atoms with Crippen LogP contribution in [0.1, 0.15) is 10.4 Å². The molecule has 0 saturated carbocycles. The first-order chi connectivity index (χ1) is 10.5. The number of rotatable bonds is 3. The highest BCUT2D eigenvalue weighted by atomic mass is 35.5. The number of aromatic nitrogens is 3. The molecule has 2 heterocycles. The average Bonchev–Trinajstić information content (AvgIpc) is 2.82. The van der Waals surface area contributed by atoms with Crippen molar-refractivity contribution in [2.45, 2.75) is 0 Å². The number of anilines is 2. The average molecular weight is 336 g/mol. The van der Waals surface area contributed by atoms with Crippen molar-refractivity contribution in [3.63, 3.8) is 0 Å². The summed E-state index contributed by atoms with van der Waals surface area (Å²) in [4.78, 5) is 19.9. The van der Waals surface area contributed by atoms with Crippen molar-refractivity contribution in [3.8, 4) is 0 Å². The van der Waals surface area contributed by atoms with Gasteiger partial charge in [0.05, 0.1) is 16.6 Å². The molecule has 0 aliphatic carbocycles. The van der Waals surface area contributed by atoms with Gasteiger partial charge in [0.25, 0.3) is 5.91 Å². The first kappa shape index (κ1) is 14.6. The molecule has 3 N–H and O–H groups in total. The summed E-state index contributed by atoms with van der Waals surface area (Å²) < 4.78 is 1.82. The molecule has 0 aliphatic heterocycles. The maximum Gasteiger partial charge on any atom is 0.250 e. The number of primary amides is 1. The van der Waals surface area contributed by atoms with Crippen molar-refractivity contribution in [2.75, 3.05) is 5.32 Å². The first-order valence-electron chi connectivity index (χ1n) is 6.30. The standard InChI is InChI=1S/C14H11Cl2N5O/c1-21-5-4-8-12(19-14(16)20-13(8)21)18-10-3-2-7(15)6-9(10)11(17)22/h2-6H,1H3,(H2,17,22)(H,18,19,20). The number of hydrogen-bond donors (Lipinski definition) is 2. The molecule has 0 saturated heterocycles. The highest BCUT2D eigenvalue weighted by molar-refractivity contribution is 6.31. The predicted octanol–water partition coefficient (Wildman–Crippen LogP) is 3.12. The molecule has 0 spiro atoms. The molecule has 22 heavy (non-hydrogen) atoms. The fraction of sp³-hybridized carbons (Fsp3) is 0.0714. The summed E-state index contributed by atoms with van der Waals surface area (Å²) in [6.07, 6.45) is 1.84. The van der Waals surface area contributed by atoms with Crippen molar-refractivity contribution in [1.82, 2.24) is 14.5 Å². The molecule has 8 heteroatoms. The number of halogens is 2. The Labute approximate surface area is 135 Å². The number of fused-ring (bicyclic) bond motifs is 1. The lowest BCUT2D eigenvalue weighted by Crippen LogP contribution is -2.13. The molecular weight excluding hydrogens is 325 g/mol. The molecule has 3 aromatic rings. The van der Waals surface area contributed by atoms with Crippen molar-refractivity contribution >= 4 is 51.6 Å². The number of nitrogens with two attached hydrogens (primary N) is 1. The van der Waals surface area contributed by atoms with Crippen LogP contribution in [0.4, 0.5) is 11.5 Å². The Hall–Kier alpha value is -2.31. The number of amides is 1. The molecule has 6 nitrogen and oxygen atoms in total. The molecule has 0 bridgehead atoms. The number of carbonyl (C=O) groups excluding carboxylic acids is 1. The van der Waals surface area contributed by atoms with Crippen LogP contribution in [0, 0.1) is 0 Å². The van der Waals surface area contributed by atoms with Gasteiger partial charge in [0.15, 0.2) is 0 Å². The zero-order chi connectivity index (χ0) is 15.9. The third-order valence-corrected chi connectivity index (χ3v) is 3.60. The molecule has 0 unspecified atom stereocenters. The Morgan fingerprint density at radius 1 is 1.27 bits per heavy atom. The summed E-state index contributed by atoms with van der Waals surface area (Å²) in [7, 11) is 1.85. The number of benzene rings is 1. The second kappa shape index (κ2) is 5.47. The van der Waals surface area contributed by atoms with Gasteiger partial charge in [0.2, 0.25) is 5.28 Å². The number of carbonyl (C=O) groups is 1. The van der Waals surface area contributed by atoms with Crippen LogP contribution in [0.5, 0.6) is 0 Å². The quantitative estimate of drug-likeness (QED) is 0.720. The summed E-state index contributed by atoms with van der Waals surface area (Å²) >= 11 is 11.9. The Balaban J connectivity index is 2.13. The number of nitrogens with zero attached hydrogens (tertiary/aromatic N) is 3. The van der Waals surface area contributed by atoms with Crippen LogP contribution < -0.4 is 11.1 Å². The van der Waals surface area contributed by atoms with Crippen LogP contribution in [0.15, 0.2) is 30.5 Å². The van der Waals surface area contributed by atoms with Crippen LogP contribution in [-0.4, -0.2) is 20.4 Å². The molecule has 3 rings (SSSR count). The van der Waals surface area contributed by atoms with Crippen molar-refractivity contribution in [1.29, 1.82) is 0 Å². The van der Waals surface area contributed by atoms with Crippen LogP contribution >= 0.6 is 23.2 Å². The zero-order valence-corrected chi connectivity index (χ0v) is 13.0. The minimum absolute atomic E-state index is 0.103. The van der Waals surface area contributed by atoms with E-state index < -0.39 is 5.91 Å². The summed E-state index contributed by atoms with van der Waals surface area (Å²) in [6.45, 7) is 0. The lowest BCUT2D eigenvalue weighted by atomic mass is 10.1. The molecule has 0 aliphatic rings. The van der Waals surface area contributed by atoms with E-state index in [-0.39, 0.29) is 10.8 Å². The van der Waals surface area contributed by atoms with Gasteiger partial charge in [-0.3, -0.25) is 4.79 Å². The molecule has 1 amide bonds. The highest BCUT2D eigenvalue weighted by Gasteiger charge is 2.14. The molecule has 0 fully saturated rings. The van der Waals surface area contributed by atoms with E-state index >= 15 is 0 Å². The smallest absolute Gasteiger partial charge is 0.250 e. The third-order valence-electron chi connectivity index (χ3n) is 3.20. The summed E-state index contributed by atoms with van der Waals surface area (Å²) in [5, 5.41) is 4.37. The van der Waals surface area contributed by atoms with Crippen LogP contribution in [0.3, 0.4) is 0 Å². The van der Waals surface area contributed by atoms with Crippen molar-refractivity contribution < 1.29 is 4.79 Å². The number of nitrogens with one attached hydrogen (secondary N) is 1. The zero-order valence-electron chi connectivity index (χ0n) is 11.5. The fourth-order valence-corrected chi connectivity index (χ4v) is 2.50. The lowest BCUT2D eigenvalue weighted by Gasteiger charge is -2.11. The van der Waals surface area contributed by atoms with E-state index in [4.69, 9.17) is 28.9 Å². The summed E-state index contributed by atoms with van der Waals surface area (Å²) in [5.41, 5.74) is 6.83. The van der Waals surface area contributed by atoms with Crippen molar-refractivity contribution in [3.05, 3.63) is 46.3 Å². The van der Waals surface area contributed by atoms with E-state index in [0.717, 1.165) is 5.39 Å². The highest BCUT2D eigenvalue weighted by Crippen LogP contribution is 2.28. The van der Waals surface area contributed by atoms with E-state index in [1.807, 2.05) is 23.9 Å². The predicted molar refractivity (Wildman–Crippen MR) is 86.8 cm³/mol. The molecule has 112 valence electrons. The fourth-order valence-electron chi connectivity index (χ4n) is 2.16. The van der Waals surface area contributed by atoms with E-state index in [1.54, 1.807) is 12.1 Å². The van der Waals surface area contributed by atoms with E-state index in [0.29, 0.717) is 22.2 Å². The first-order valence-corrected chi connectivity index (χ1v) is 7.06. The van der Waals surface area contributed by atoms with Crippen LogP contribution in [-0.2, 0) is 7.05 Å². The van der Waals surface area contributed by atoms with Gasteiger partial charge in [0, 0.05) is 18.3 Å². The van der Waals surface area contributed by atoms with E-state index in [1.165, 1.54) is 6.07 Å². The van der Waals surface area contributed by atoms with E-state index in [2.05, 4.69) is 15.3 Å². The largest absolute Gasteiger partial charge is 0.366 e. The van der Waals surface area contributed by atoms with Crippen molar-refractivity contribution in [2.24, 2.45) is 12.8 Å². The van der Waals surface area contributed by atoms with Gasteiger partial charge >= 0.3 is 0 Å². The monoisotopic (exact) mass is 335 g/mol. The minimum Gasteiger partial charge on any atom is -0.366 e. The maximum absolute atomic E-state index is 11.6. The Bertz CT molecular complexity index is 890. The van der Waals surface area contributed by atoms with E-state index in [9.17, 15) is 4.79 Å². The molecule has 1 aromatic carbocycles. The molecule has 0 radical (unpaired) electrons. The van der Waals surface area contributed by atoms with Gasteiger partial charge in [-0.15, -0.1) is 0 Å². The maximum atomic E-state index is 11.6. The topological polar surface area (TPSA) is 85.8 Å². The normalized spacial score (nSPS) is 10.9. The van der Waals surface area contributed by atoms with Gasteiger partial charge in [-0.05, 0) is 35.9 Å². The van der Waals surface area contributed by atoms with Crippen LogP contribution in [0.25, 0.3) is 11.0 Å². The number of aryl methyl sites for hydroxylation is 1. The van der Waals surface area contributed by atoms with Gasteiger partial charge in [-0.1, -0.05) is 11.6 Å². The minimum atomic E-state index is -0.588.